The van der Waals surface area contributed by atoms with Gasteiger partial charge < -0.3 is 0 Å². The molecule has 0 aliphatic heterocycles. The van der Waals surface area contributed by atoms with Crippen molar-refractivity contribution in [2.24, 2.45) is 0 Å². The zero-order valence-electron chi connectivity index (χ0n) is 9.21. The predicted octanol–water partition coefficient (Wildman–Crippen LogP) is 4.79. The molecular formula is C10H23ClSi. The van der Waals surface area contributed by atoms with E-state index in [0.717, 1.165) is 0 Å². The molecule has 0 heterocycles. The van der Waals surface area contributed by atoms with Gasteiger partial charge in [-0.15, -0.1) is 0 Å². The van der Waals surface area contributed by atoms with Crippen LogP contribution in [0.1, 0.15) is 47.5 Å². The van der Waals surface area contributed by atoms with E-state index in [1.165, 1.54) is 24.9 Å². The molecule has 0 unspecified atom stereocenters. The van der Waals surface area contributed by atoms with Gasteiger partial charge >= 0.3 is 0 Å². The summed E-state index contributed by atoms with van der Waals surface area (Å²) in [6.45, 7) is 11.4. The highest BCUT2D eigenvalue weighted by molar-refractivity contribution is 7.21. The molecule has 0 radical (unpaired) electrons. The lowest BCUT2D eigenvalue weighted by Crippen LogP contribution is -2.37. The van der Waals surface area contributed by atoms with Crippen LogP contribution >= 0.6 is 11.1 Å². The van der Waals surface area contributed by atoms with Crippen LogP contribution in [0.4, 0.5) is 0 Å². The minimum Gasteiger partial charge on any atom is -0.166 e. The second-order valence-electron chi connectivity index (χ2n) is 4.72. The second kappa shape index (κ2) is 4.66. The molecule has 0 fully saturated rings. The van der Waals surface area contributed by atoms with Gasteiger partial charge in [-0.25, -0.2) is 0 Å². The molecule has 0 saturated carbocycles. The van der Waals surface area contributed by atoms with Crippen LogP contribution in [0.15, 0.2) is 0 Å². The van der Waals surface area contributed by atoms with E-state index in [0.29, 0.717) is 5.04 Å². The summed E-state index contributed by atoms with van der Waals surface area (Å²) in [5.74, 6) is 0. The zero-order valence-corrected chi connectivity index (χ0v) is 11.0. The van der Waals surface area contributed by atoms with Gasteiger partial charge in [0, 0.05) is 0 Å². The van der Waals surface area contributed by atoms with Crippen molar-refractivity contribution in [3.8, 4) is 0 Å². The molecule has 74 valence electrons. The standard InChI is InChI=1S/C10H23ClSi/c1-6-8-12(11,9-7-2)10(3,4)5/h6-9H2,1-5H3. The Labute approximate surface area is 83.4 Å². The van der Waals surface area contributed by atoms with Crippen LogP contribution in [0.3, 0.4) is 0 Å². The van der Waals surface area contributed by atoms with E-state index in [9.17, 15) is 0 Å². The van der Waals surface area contributed by atoms with Crippen LogP contribution in [0, 0.1) is 0 Å². The first-order chi connectivity index (χ1) is 5.37. The van der Waals surface area contributed by atoms with Crippen LogP contribution in [-0.4, -0.2) is 7.38 Å². The normalized spacial score (nSPS) is 13.5. The Bertz CT molecular complexity index is 120. The molecule has 0 nitrogen and oxygen atoms in total. The summed E-state index contributed by atoms with van der Waals surface area (Å²) in [6.07, 6.45) is 2.49. The highest BCUT2D eigenvalue weighted by atomic mass is 35.6. The Hall–Kier alpha value is 0.507. The molecule has 12 heavy (non-hydrogen) atoms. The van der Waals surface area contributed by atoms with Crippen LogP contribution < -0.4 is 0 Å². The van der Waals surface area contributed by atoms with Gasteiger partial charge in [0.2, 0.25) is 0 Å². The van der Waals surface area contributed by atoms with Crippen LogP contribution in [0.2, 0.25) is 17.1 Å². The number of hydrogen-bond acceptors (Lipinski definition) is 0. The van der Waals surface area contributed by atoms with E-state index in [2.05, 4.69) is 34.6 Å². The van der Waals surface area contributed by atoms with E-state index >= 15 is 0 Å². The molecule has 0 amide bonds. The molecule has 0 aliphatic rings. The maximum absolute atomic E-state index is 6.75. The van der Waals surface area contributed by atoms with E-state index < -0.39 is 7.38 Å². The highest BCUT2D eigenvalue weighted by Crippen LogP contribution is 2.45. The van der Waals surface area contributed by atoms with Crippen LogP contribution in [0.25, 0.3) is 0 Å². The molecule has 2 heteroatoms. The lowest BCUT2D eigenvalue weighted by molar-refractivity contribution is 0.708. The van der Waals surface area contributed by atoms with Gasteiger partial charge in [-0.2, -0.15) is 11.1 Å². The maximum atomic E-state index is 6.75. The summed E-state index contributed by atoms with van der Waals surface area (Å²) in [5.41, 5.74) is 0. The lowest BCUT2D eigenvalue weighted by atomic mass is 10.2. The average Bonchev–Trinajstić information content (AvgIpc) is 1.86. The van der Waals surface area contributed by atoms with Crippen molar-refractivity contribution in [2.45, 2.75) is 64.6 Å². The largest absolute Gasteiger partial charge is 0.166 e. The smallest absolute Gasteiger partial charge is 0.161 e. The van der Waals surface area contributed by atoms with Crippen LogP contribution in [0.5, 0.6) is 0 Å². The maximum Gasteiger partial charge on any atom is 0.161 e. The first-order valence-electron chi connectivity index (χ1n) is 5.06. The zero-order chi connectivity index (χ0) is 9.83. The molecule has 0 aromatic carbocycles. The predicted molar refractivity (Wildman–Crippen MR) is 61.5 cm³/mol. The van der Waals surface area contributed by atoms with Crippen LogP contribution in [-0.2, 0) is 0 Å². The summed E-state index contributed by atoms with van der Waals surface area (Å²) in [5, 5.41) is 0.362. The molecule has 0 aliphatic carbocycles. The third kappa shape index (κ3) is 3.10. The van der Waals surface area contributed by atoms with Crippen molar-refractivity contribution in [2.75, 3.05) is 0 Å². The van der Waals surface area contributed by atoms with Crippen molar-refractivity contribution < 1.29 is 0 Å². The number of halogens is 1. The van der Waals surface area contributed by atoms with Crippen molar-refractivity contribution in [3.05, 3.63) is 0 Å². The first kappa shape index (κ1) is 12.5. The van der Waals surface area contributed by atoms with Gasteiger partial charge in [-0.3, -0.25) is 0 Å². The molecule has 0 atom stereocenters. The molecule has 0 bridgehead atoms. The summed E-state index contributed by atoms with van der Waals surface area (Å²) in [7, 11) is -1.48. The fourth-order valence-corrected chi connectivity index (χ4v) is 6.14. The molecular weight excluding hydrogens is 184 g/mol. The number of rotatable bonds is 4. The summed E-state index contributed by atoms with van der Waals surface area (Å²) >= 11 is 6.75. The van der Waals surface area contributed by atoms with Gasteiger partial charge in [0.15, 0.2) is 7.38 Å². The van der Waals surface area contributed by atoms with Gasteiger partial charge in [0.05, 0.1) is 0 Å². The molecule has 0 aromatic heterocycles. The second-order valence-corrected chi connectivity index (χ2v) is 11.3. The molecule has 0 spiro atoms. The molecule has 0 rings (SSSR count). The Morgan fingerprint density at radius 1 is 1.00 bits per heavy atom. The fraction of sp³-hybridized carbons (Fsp3) is 1.00. The Kier molecular flexibility index (Phi) is 4.86. The lowest BCUT2D eigenvalue weighted by Gasteiger charge is -2.37. The van der Waals surface area contributed by atoms with Crippen molar-refractivity contribution in [1.82, 2.24) is 0 Å². The topological polar surface area (TPSA) is 0 Å². The highest BCUT2D eigenvalue weighted by Gasteiger charge is 2.41. The van der Waals surface area contributed by atoms with Crippen molar-refractivity contribution in [3.63, 3.8) is 0 Å². The van der Waals surface area contributed by atoms with E-state index in [-0.39, 0.29) is 0 Å². The van der Waals surface area contributed by atoms with Crippen molar-refractivity contribution in [1.29, 1.82) is 0 Å². The third-order valence-corrected chi connectivity index (χ3v) is 10.7. The van der Waals surface area contributed by atoms with Gasteiger partial charge in [0.25, 0.3) is 0 Å². The Morgan fingerprint density at radius 2 is 1.33 bits per heavy atom. The van der Waals surface area contributed by atoms with E-state index in [1.54, 1.807) is 0 Å². The summed E-state index contributed by atoms with van der Waals surface area (Å²) in [6, 6.07) is 2.54. The minimum atomic E-state index is -1.48. The molecule has 0 N–H and O–H groups in total. The van der Waals surface area contributed by atoms with Crippen molar-refractivity contribution >= 4 is 18.5 Å². The first-order valence-corrected chi connectivity index (χ1v) is 8.49. The number of hydrogen-bond donors (Lipinski definition) is 0. The Balaban J connectivity index is 4.38. The quantitative estimate of drug-likeness (QED) is 0.458. The molecule has 0 aromatic rings. The minimum absolute atomic E-state index is 0.362. The fourth-order valence-electron chi connectivity index (χ4n) is 1.67. The van der Waals surface area contributed by atoms with E-state index in [4.69, 9.17) is 11.1 Å². The van der Waals surface area contributed by atoms with E-state index in [1.807, 2.05) is 0 Å². The summed E-state index contributed by atoms with van der Waals surface area (Å²) in [4.78, 5) is 0. The summed E-state index contributed by atoms with van der Waals surface area (Å²) < 4.78 is 0. The third-order valence-electron chi connectivity index (χ3n) is 2.64. The van der Waals surface area contributed by atoms with Gasteiger partial charge in [0.1, 0.15) is 0 Å². The monoisotopic (exact) mass is 206 g/mol. The van der Waals surface area contributed by atoms with Gasteiger partial charge in [-0.1, -0.05) is 47.5 Å². The molecule has 0 saturated heterocycles. The average molecular weight is 207 g/mol. The Morgan fingerprint density at radius 3 is 1.50 bits per heavy atom. The SMILES string of the molecule is CCC[Si](Cl)(CCC)C(C)(C)C. The van der Waals surface area contributed by atoms with Gasteiger partial charge in [-0.05, 0) is 17.1 Å².